The third-order valence-corrected chi connectivity index (χ3v) is 4.42. The van der Waals surface area contributed by atoms with Crippen molar-refractivity contribution in [2.45, 2.75) is 19.8 Å². The van der Waals surface area contributed by atoms with E-state index in [0.717, 1.165) is 16.6 Å². The molecule has 0 spiro atoms. The summed E-state index contributed by atoms with van der Waals surface area (Å²) in [6.45, 7) is 2.02. The van der Waals surface area contributed by atoms with Crippen LogP contribution in [0.4, 0.5) is 5.13 Å². The molecule has 2 aromatic heterocycles. The molecule has 8 heteroatoms. The van der Waals surface area contributed by atoms with E-state index in [0.29, 0.717) is 24.6 Å². The number of nitrogens with one attached hydrogen (secondary N) is 1. The van der Waals surface area contributed by atoms with Crippen molar-refractivity contribution in [2.24, 2.45) is 7.05 Å². The third-order valence-electron chi connectivity index (χ3n) is 3.67. The van der Waals surface area contributed by atoms with Crippen LogP contribution in [0.25, 0.3) is 11.0 Å². The SMILES string of the molecule is CCOC(=O)c1csc(NC(=O)CCc2ccc3c(c2)ncn3C)n1. The van der Waals surface area contributed by atoms with E-state index in [1.54, 1.807) is 18.6 Å². The second-order valence-electron chi connectivity index (χ2n) is 5.49. The second kappa shape index (κ2) is 7.43. The molecule has 0 aliphatic heterocycles. The summed E-state index contributed by atoms with van der Waals surface area (Å²) in [5, 5.41) is 4.68. The van der Waals surface area contributed by atoms with Gasteiger partial charge in [0.1, 0.15) is 0 Å². The van der Waals surface area contributed by atoms with Crippen molar-refractivity contribution in [1.82, 2.24) is 14.5 Å². The van der Waals surface area contributed by atoms with Crippen LogP contribution in [0.5, 0.6) is 0 Å². The Kier molecular flexibility index (Phi) is 5.08. The quantitative estimate of drug-likeness (QED) is 0.685. The number of thiazole rings is 1. The first-order chi connectivity index (χ1) is 12.1. The number of rotatable bonds is 6. The van der Waals surface area contributed by atoms with E-state index in [1.807, 2.05) is 29.8 Å². The zero-order chi connectivity index (χ0) is 17.8. The first-order valence-electron chi connectivity index (χ1n) is 7.89. The molecular weight excluding hydrogens is 340 g/mol. The minimum absolute atomic E-state index is 0.147. The highest BCUT2D eigenvalue weighted by atomic mass is 32.1. The molecule has 0 saturated carbocycles. The number of anilines is 1. The van der Waals surface area contributed by atoms with E-state index in [1.165, 1.54) is 11.3 Å². The number of benzene rings is 1. The van der Waals surface area contributed by atoms with Crippen molar-refractivity contribution in [1.29, 1.82) is 0 Å². The monoisotopic (exact) mass is 358 g/mol. The largest absolute Gasteiger partial charge is 0.461 e. The van der Waals surface area contributed by atoms with Gasteiger partial charge in [-0.1, -0.05) is 6.07 Å². The van der Waals surface area contributed by atoms with Gasteiger partial charge in [0.25, 0.3) is 0 Å². The highest BCUT2D eigenvalue weighted by molar-refractivity contribution is 7.14. The van der Waals surface area contributed by atoms with E-state index < -0.39 is 5.97 Å². The Bertz CT molecular complexity index is 916. The lowest BCUT2D eigenvalue weighted by Gasteiger charge is -2.03. The van der Waals surface area contributed by atoms with Gasteiger partial charge in [0, 0.05) is 18.8 Å². The summed E-state index contributed by atoms with van der Waals surface area (Å²) in [7, 11) is 1.95. The highest BCUT2D eigenvalue weighted by Crippen LogP contribution is 2.18. The minimum Gasteiger partial charge on any atom is -0.461 e. The summed E-state index contributed by atoms with van der Waals surface area (Å²) in [6.07, 6.45) is 2.70. The molecule has 0 radical (unpaired) electrons. The number of carbonyl (C=O) groups is 2. The van der Waals surface area contributed by atoms with Gasteiger partial charge in [-0.25, -0.2) is 14.8 Å². The van der Waals surface area contributed by atoms with Crippen molar-refractivity contribution in [2.75, 3.05) is 11.9 Å². The lowest BCUT2D eigenvalue weighted by molar-refractivity contribution is -0.116. The van der Waals surface area contributed by atoms with E-state index in [-0.39, 0.29) is 11.6 Å². The summed E-state index contributed by atoms with van der Waals surface area (Å²) < 4.78 is 6.83. The maximum Gasteiger partial charge on any atom is 0.357 e. The van der Waals surface area contributed by atoms with Crippen LogP contribution in [0.15, 0.2) is 29.9 Å². The summed E-state index contributed by atoms with van der Waals surface area (Å²) in [5.41, 5.74) is 3.23. The summed E-state index contributed by atoms with van der Waals surface area (Å²) in [5.74, 6) is -0.631. The van der Waals surface area contributed by atoms with Gasteiger partial charge in [-0.15, -0.1) is 11.3 Å². The van der Waals surface area contributed by atoms with Crippen LogP contribution in [0.1, 0.15) is 29.4 Å². The van der Waals surface area contributed by atoms with Crippen LogP contribution in [0.2, 0.25) is 0 Å². The van der Waals surface area contributed by atoms with Gasteiger partial charge in [-0.3, -0.25) is 4.79 Å². The number of nitrogens with zero attached hydrogens (tertiary/aromatic N) is 3. The fourth-order valence-corrected chi connectivity index (χ4v) is 3.10. The molecule has 0 bridgehead atoms. The number of aromatic nitrogens is 3. The number of hydrogen-bond acceptors (Lipinski definition) is 6. The Morgan fingerprint density at radius 3 is 3.00 bits per heavy atom. The molecule has 0 unspecified atom stereocenters. The molecule has 2 heterocycles. The first-order valence-corrected chi connectivity index (χ1v) is 8.77. The maximum atomic E-state index is 12.1. The highest BCUT2D eigenvalue weighted by Gasteiger charge is 2.13. The van der Waals surface area contributed by atoms with Gasteiger partial charge in [0.05, 0.1) is 24.0 Å². The van der Waals surface area contributed by atoms with Crippen LogP contribution in [0, 0.1) is 0 Å². The van der Waals surface area contributed by atoms with Crippen molar-refractivity contribution < 1.29 is 14.3 Å². The van der Waals surface area contributed by atoms with Crippen molar-refractivity contribution in [3.8, 4) is 0 Å². The van der Waals surface area contributed by atoms with Crippen molar-refractivity contribution in [3.63, 3.8) is 0 Å². The molecule has 0 fully saturated rings. The van der Waals surface area contributed by atoms with Gasteiger partial charge in [-0.2, -0.15) is 0 Å². The Hall–Kier alpha value is -2.74. The molecule has 1 aromatic carbocycles. The lowest BCUT2D eigenvalue weighted by atomic mass is 10.1. The molecule has 0 aliphatic carbocycles. The number of carbonyl (C=O) groups excluding carboxylic acids is 2. The predicted octanol–water partition coefficient (Wildman–Crippen LogP) is 2.78. The molecule has 0 aliphatic rings. The zero-order valence-corrected chi connectivity index (χ0v) is 14.8. The van der Waals surface area contributed by atoms with Gasteiger partial charge in [0.15, 0.2) is 10.8 Å². The van der Waals surface area contributed by atoms with E-state index in [2.05, 4.69) is 15.3 Å². The Labute approximate surface area is 148 Å². The Balaban J connectivity index is 1.56. The molecule has 3 rings (SSSR count). The molecular formula is C17H18N4O3S. The van der Waals surface area contributed by atoms with Crippen LogP contribution >= 0.6 is 11.3 Å². The third kappa shape index (κ3) is 4.03. The average Bonchev–Trinajstić information content (AvgIpc) is 3.20. The average molecular weight is 358 g/mol. The van der Waals surface area contributed by atoms with Gasteiger partial charge in [0.2, 0.25) is 5.91 Å². The number of esters is 1. The van der Waals surface area contributed by atoms with Gasteiger partial charge < -0.3 is 14.6 Å². The second-order valence-corrected chi connectivity index (χ2v) is 6.34. The summed E-state index contributed by atoms with van der Waals surface area (Å²) in [4.78, 5) is 32.0. The Morgan fingerprint density at radius 1 is 1.36 bits per heavy atom. The number of imidazole rings is 1. The number of hydrogen-bond donors (Lipinski definition) is 1. The normalized spacial score (nSPS) is 10.8. The van der Waals surface area contributed by atoms with Crippen LogP contribution < -0.4 is 5.32 Å². The topological polar surface area (TPSA) is 86.1 Å². The van der Waals surface area contributed by atoms with Crippen molar-refractivity contribution >= 4 is 39.4 Å². The molecule has 3 aromatic rings. The molecule has 7 nitrogen and oxygen atoms in total. The lowest BCUT2D eigenvalue weighted by Crippen LogP contribution is -2.12. The number of fused-ring (bicyclic) bond motifs is 1. The van der Waals surface area contributed by atoms with Gasteiger partial charge >= 0.3 is 5.97 Å². The fourth-order valence-electron chi connectivity index (χ4n) is 2.41. The van der Waals surface area contributed by atoms with E-state index >= 15 is 0 Å². The molecule has 25 heavy (non-hydrogen) atoms. The summed E-state index contributed by atoms with van der Waals surface area (Å²) in [6, 6.07) is 5.99. The molecule has 130 valence electrons. The molecule has 1 N–H and O–H groups in total. The molecule has 0 saturated heterocycles. The van der Waals surface area contributed by atoms with Crippen LogP contribution in [-0.4, -0.2) is 33.0 Å². The van der Waals surface area contributed by atoms with E-state index in [9.17, 15) is 9.59 Å². The molecule has 1 amide bonds. The maximum absolute atomic E-state index is 12.1. The predicted molar refractivity (Wildman–Crippen MR) is 95.7 cm³/mol. The number of amides is 1. The number of ether oxygens (including phenoxy) is 1. The Morgan fingerprint density at radius 2 is 2.20 bits per heavy atom. The van der Waals surface area contributed by atoms with Gasteiger partial charge in [-0.05, 0) is 31.0 Å². The number of aryl methyl sites for hydroxylation is 2. The van der Waals surface area contributed by atoms with Crippen molar-refractivity contribution in [3.05, 3.63) is 41.2 Å². The molecule has 0 atom stereocenters. The summed E-state index contributed by atoms with van der Waals surface area (Å²) >= 11 is 1.20. The van der Waals surface area contributed by atoms with E-state index in [4.69, 9.17) is 4.74 Å². The first kappa shape index (κ1) is 17.1. The smallest absolute Gasteiger partial charge is 0.357 e. The fraction of sp³-hybridized carbons (Fsp3) is 0.294. The van der Waals surface area contributed by atoms with Crippen LogP contribution in [-0.2, 0) is 23.0 Å². The van der Waals surface area contributed by atoms with Crippen LogP contribution in [0.3, 0.4) is 0 Å². The zero-order valence-electron chi connectivity index (χ0n) is 14.0. The minimum atomic E-state index is -0.483. The standard InChI is InChI=1S/C17H18N4O3S/c1-3-24-16(23)13-9-25-17(19-13)20-15(22)7-5-11-4-6-14-12(8-11)18-10-21(14)2/h4,6,8-10H,3,5,7H2,1-2H3,(H,19,20,22).